The molecule has 6 heteroatoms. The molecule has 1 N–H and O–H groups in total. The lowest BCUT2D eigenvalue weighted by molar-refractivity contribution is -0.138. The van der Waals surface area contributed by atoms with Gasteiger partial charge in [-0.3, -0.25) is 9.78 Å². The zero-order valence-corrected chi connectivity index (χ0v) is 18.0. The lowest BCUT2D eigenvalue weighted by Crippen LogP contribution is -2.45. The molecule has 1 unspecified atom stereocenters. The van der Waals surface area contributed by atoms with Crippen LogP contribution in [0.15, 0.2) is 79.0 Å². The first-order chi connectivity index (χ1) is 15.7. The van der Waals surface area contributed by atoms with E-state index < -0.39 is 6.04 Å². The van der Waals surface area contributed by atoms with E-state index in [1.165, 1.54) is 12.1 Å². The van der Waals surface area contributed by atoms with Gasteiger partial charge in [0.25, 0.3) is 0 Å². The van der Waals surface area contributed by atoms with E-state index in [1.54, 1.807) is 12.3 Å². The van der Waals surface area contributed by atoms with Gasteiger partial charge < -0.3 is 15.0 Å². The van der Waals surface area contributed by atoms with Gasteiger partial charge in [0.1, 0.15) is 18.2 Å². The molecule has 1 aliphatic heterocycles. The van der Waals surface area contributed by atoms with Crippen molar-refractivity contribution in [1.82, 2.24) is 15.2 Å². The highest BCUT2D eigenvalue weighted by Crippen LogP contribution is 2.30. The summed E-state index contributed by atoms with van der Waals surface area (Å²) in [6.45, 7) is 2.34. The molecular weight excluding hydrogens is 405 g/mol. The number of hydrogen-bond donors (Lipinski definition) is 1. The fourth-order valence-corrected chi connectivity index (χ4v) is 4.17. The minimum absolute atomic E-state index is 0.0584. The van der Waals surface area contributed by atoms with Gasteiger partial charge in [0.15, 0.2) is 0 Å². The molecule has 3 aromatic rings. The lowest BCUT2D eigenvalue weighted by atomic mass is 9.93. The fourth-order valence-electron chi connectivity index (χ4n) is 4.17. The van der Waals surface area contributed by atoms with E-state index in [-0.39, 0.29) is 17.6 Å². The number of carbonyl (C=O) groups is 1. The molecule has 0 aliphatic carbocycles. The fraction of sp³-hybridized carbons (Fsp3) is 0.308. The maximum atomic E-state index is 14.2. The molecule has 1 saturated heterocycles. The molecule has 1 fully saturated rings. The van der Waals surface area contributed by atoms with Crippen LogP contribution in [0.1, 0.15) is 30.1 Å². The number of amides is 1. The molecule has 1 atom stereocenters. The molecule has 1 amide bonds. The second-order valence-corrected chi connectivity index (χ2v) is 7.93. The summed E-state index contributed by atoms with van der Waals surface area (Å²) < 4.78 is 20.1. The predicted octanol–water partition coefficient (Wildman–Crippen LogP) is 4.22. The van der Waals surface area contributed by atoms with Crippen LogP contribution in [0.5, 0.6) is 5.75 Å². The van der Waals surface area contributed by atoms with Crippen molar-refractivity contribution in [3.05, 3.63) is 96.1 Å². The largest absolute Gasteiger partial charge is 0.492 e. The highest BCUT2D eigenvalue weighted by molar-refractivity contribution is 5.80. The Morgan fingerprint density at radius 1 is 1.06 bits per heavy atom. The SMILES string of the molecule is O=C(C1CCNCC1)N(CCOc1ccccc1)C(c1cccc(F)c1)c1ccccn1. The van der Waals surface area contributed by atoms with E-state index in [2.05, 4.69) is 10.3 Å². The smallest absolute Gasteiger partial charge is 0.226 e. The zero-order chi connectivity index (χ0) is 22.2. The van der Waals surface area contributed by atoms with E-state index in [0.717, 1.165) is 31.7 Å². The summed E-state index contributed by atoms with van der Waals surface area (Å²) in [4.78, 5) is 20.1. The van der Waals surface area contributed by atoms with Gasteiger partial charge in [0, 0.05) is 12.1 Å². The van der Waals surface area contributed by atoms with Gasteiger partial charge in [-0.25, -0.2) is 4.39 Å². The molecule has 0 radical (unpaired) electrons. The van der Waals surface area contributed by atoms with Gasteiger partial charge >= 0.3 is 0 Å². The van der Waals surface area contributed by atoms with Gasteiger partial charge in [-0.15, -0.1) is 0 Å². The van der Waals surface area contributed by atoms with Crippen molar-refractivity contribution in [2.24, 2.45) is 5.92 Å². The molecular formula is C26H28FN3O2. The minimum atomic E-state index is -0.492. The van der Waals surface area contributed by atoms with Crippen LogP contribution >= 0.6 is 0 Å². The Balaban J connectivity index is 1.65. The molecule has 0 bridgehead atoms. The number of aromatic nitrogens is 1. The molecule has 5 nitrogen and oxygen atoms in total. The van der Waals surface area contributed by atoms with Crippen molar-refractivity contribution in [2.75, 3.05) is 26.2 Å². The highest BCUT2D eigenvalue weighted by atomic mass is 19.1. The van der Waals surface area contributed by atoms with Crippen molar-refractivity contribution >= 4 is 5.91 Å². The van der Waals surface area contributed by atoms with E-state index in [1.807, 2.05) is 59.5 Å². The second-order valence-electron chi connectivity index (χ2n) is 7.93. The topological polar surface area (TPSA) is 54.5 Å². The van der Waals surface area contributed by atoms with Crippen LogP contribution in [0.25, 0.3) is 0 Å². The van der Waals surface area contributed by atoms with E-state index >= 15 is 0 Å². The maximum Gasteiger partial charge on any atom is 0.226 e. The third kappa shape index (κ3) is 5.51. The summed E-state index contributed by atoms with van der Waals surface area (Å²) >= 11 is 0. The van der Waals surface area contributed by atoms with Crippen molar-refractivity contribution in [1.29, 1.82) is 0 Å². The van der Waals surface area contributed by atoms with Crippen molar-refractivity contribution in [2.45, 2.75) is 18.9 Å². The Kier molecular flexibility index (Phi) is 7.46. The van der Waals surface area contributed by atoms with Crippen LogP contribution < -0.4 is 10.1 Å². The second kappa shape index (κ2) is 10.9. The van der Waals surface area contributed by atoms with Crippen LogP contribution in [-0.4, -0.2) is 42.0 Å². The number of halogens is 1. The zero-order valence-electron chi connectivity index (χ0n) is 18.0. The number of nitrogens with one attached hydrogen (secondary N) is 1. The minimum Gasteiger partial charge on any atom is -0.492 e. The number of carbonyl (C=O) groups excluding carboxylic acids is 1. The Bertz CT molecular complexity index is 994. The van der Waals surface area contributed by atoms with Crippen LogP contribution in [-0.2, 0) is 4.79 Å². The number of para-hydroxylation sites is 1. The third-order valence-corrected chi connectivity index (χ3v) is 5.76. The summed E-state index contributed by atoms with van der Waals surface area (Å²) in [7, 11) is 0. The number of pyridine rings is 1. The van der Waals surface area contributed by atoms with E-state index in [0.29, 0.717) is 24.4 Å². The van der Waals surface area contributed by atoms with Gasteiger partial charge in [0.2, 0.25) is 5.91 Å². The van der Waals surface area contributed by atoms with Crippen molar-refractivity contribution in [3.8, 4) is 5.75 Å². The van der Waals surface area contributed by atoms with Crippen LogP contribution in [0.2, 0.25) is 0 Å². The standard InChI is InChI=1S/C26H28FN3O2/c27-22-8-6-7-21(19-22)25(24-11-4-5-14-29-24)30(26(31)20-12-15-28-16-13-20)17-18-32-23-9-2-1-3-10-23/h1-11,14,19-20,25,28H,12-13,15-18H2. The van der Waals surface area contributed by atoms with Gasteiger partial charge in [-0.1, -0.05) is 36.4 Å². The Morgan fingerprint density at radius 3 is 2.56 bits per heavy atom. The predicted molar refractivity (Wildman–Crippen MR) is 122 cm³/mol. The molecule has 0 spiro atoms. The van der Waals surface area contributed by atoms with Crippen LogP contribution in [0.3, 0.4) is 0 Å². The van der Waals surface area contributed by atoms with Gasteiger partial charge in [0.05, 0.1) is 18.3 Å². The highest BCUT2D eigenvalue weighted by Gasteiger charge is 2.33. The lowest BCUT2D eigenvalue weighted by Gasteiger charge is -2.35. The number of piperidine rings is 1. The number of benzene rings is 2. The average Bonchev–Trinajstić information content (AvgIpc) is 2.85. The monoisotopic (exact) mass is 433 g/mol. The number of nitrogens with zero attached hydrogens (tertiary/aromatic N) is 2. The molecule has 0 saturated carbocycles. The average molecular weight is 434 g/mol. The Morgan fingerprint density at radius 2 is 1.84 bits per heavy atom. The molecule has 4 rings (SSSR count). The summed E-state index contributed by atoms with van der Waals surface area (Å²) in [5, 5.41) is 3.32. The summed E-state index contributed by atoms with van der Waals surface area (Å²) in [6.07, 6.45) is 3.27. The normalized spacial score (nSPS) is 15.2. The molecule has 1 aliphatic rings. The van der Waals surface area contributed by atoms with Gasteiger partial charge in [-0.05, 0) is 67.9 Å². The summed E-state index contributed by atoms with van der Waals surface area (Å²) in [5.41, 5.74) is 1.41. The molecule has 2 aromatic carbocycles. The number of ether oxygens (including phenoxy) is 1. The quantitative estimate of drug-likeness (QED) is 0.578. The van der Waals surface area contributed by atoms with E-state index in [4.69, 9.17) is 4.74 Å². The van der Waals surface area contributed by atoms with Gasteiger partial charge in [-0.2, -0.15) is 0 Å². The summed E-state index contributed by atoms with van der Waals surface area (Å²) in [6, 6.07) is 21.1. The molecule has 166 valence electrons. The van der Waals surface area contributed by atoms with Crippen LogP contribution in [0, 0.1) is 11.7 Å². The Labute approximate surface area is 188 Å². The third-order valence-electron chi connectivity index (χ3n) is 5.76. The van der Waals surface area contributed by atoms with E-state index in [9.17, 15) is 9.18 Å². The van der Waals surface area contributed by atoms with Crippen molar-refractivity contribution in [3.63, 3.8) is 0 Å². The number of rotatable bonds is 8. The first kappa shape index (κ1) is 22.0. The maximum absolute atomic E-state index is 14.2. The molecule has 1 aromatic heterocycles. The summed E-state index contributed by atoms with van der Waals surface area (Å²) in [5.74, 6) is 0.399. The van der Waals surface area contributed by atoms with Crippen LogP contribution in [0.4, 0.5) is 4.39 Å². The molecule has 2 heterocycles. The van der Waals surface area contributed by atoms with Crippen molar-refractivity contribution < 1.29 is 13.9 Å². The first-order valence-corrected chi connectivity index (χ1v) is 11.1. The molecule has 32 heavy (non-hydrogen) atoms. The first-order valence-electron chi connectivity index (χ1n) is 11.1. The Hall–Kier alpha value is -3.25. The number of hydrogen-bond acceptors (Lipinski definition) is 4.